The van der Waals surface area contributed by atoms with Gasteiger partial charge in [-0.05, 0) is 96.3 Å². The molecule has 8 atom stereocenters. The van der Waals surface area contributed by atoms with E-state index in [2.05, 4.69) is 111 Å². The van der Waals surface area contributed by atoms with Crippen molar-refractivity contribution in [1.82, 2.24) is 5.32 Å². The standard InChI is InChI=1S/C76H131NO10/c1-4-7-10-13-16-19-22-25-27-29-31-32-33-34-35-36-37-39-40-42-45-48-51-54-57-60-63-69(80)75(84)77-67(68(79)62-59-56-53-50-47-44-24-21-18-15-12-9-6-3)66-85-76-74(73(83)72(82)70(65-78)86-76)87-71(81)64-61-58-55-52-49-46-43-41-38-30-28-26-23-20-17-14-11-8-5-2/h8,11,16-17,19-20,25-28,38,41,46,49,55,58-59,62,67-70,72-74,76,78-80,82-83H,4-7,9-10,12-15,18,21-24,29-37,39-40,42-45,47-48,50-54,56-57,60-61,63-66H2,1-3H3,(H,77,84)/b11-8-,19-16-,20-17-,27-25-,28-26-,41-38-,49-46-,58-55-,62-59+. The third kappa shape index (κ3) is 49.7. The third-order valence-corrected chi connectivity index (χ3v) is 16.2. The largest absolute Gasteiger partial charge is 0.454 e. The normalized spacial score (nSPS) is 18.9. The highest BCUT2D eigenvalue weighted by molar-refractivity contribution is 5.80. The molecule has 0 saturated carbocycles. The first-order chi connectivity index (χ1) is 42.7. The van der Waals surface area contributed by atoms with Crippen LogP contribution in [0.5, 0.6) is 0 Å². The number of hydrogen-bond donors (Lipinski definition) is 6. The first-order valence-electron chi connectivity index (χ1n) is 35.7. The maximum absolute atomic E-state index is 13.5. The van der Waals surface area contributed by atoms with E-state index in [-0.39, 0.29) is 19.4 Å². The number of amides is 1. The first kappa shape index (κ1) is 81.3. The van der Waals surface area contributed by atoms with Crippen LogP contribution in [0.15, 0.2) is 109 Å². The Morgan fingerprint density at radius 2 is 0.828 bits per heavy atom. The number of allylic oxidation sites excluding steroid dienone is 17. The van der Waals surface area contributed by atoms with Gasteiger partial charge in [0.1, 0.15) is 24.4 Å². The number of ether oxygens (including phenoxy) is 3. The zero-order chi connectivity index (χ0) is 63.1. The van der Waals surface area contributed by atoms with Crippen molar-refractivity contribution in [2.75, 3.05) is 13.2 Å². The van der Waals surface area contributed by atoms with Crippen molar-refractivity contribution in [2.24, 2.45) is 0 Å². The van der Waals surface area contributed by atoms with Gasteiger partial charge in [-0.1, -0.05) is 304 Å². The van der Waals surface area contributed by atoms with E-state index in [1.807, 2.05) is 18.2 Å². The maximum Gasteiger partial charge on any atom is 0.306 e. The fourth-order valence-corrected chi connectivity index (χ4v) is 10.6. The zero-order valence-corrected chi connectivity index (χ0v) is 55.6. The van der Waals surface area contributed by atoms with Crippen LogP contribution in [0.3, 0.4) is 0 Å². The molecule has 0 aromatic carbocycles. The van der Waals surface area contributed by atoms with Crippen molar-refractivity contribution in [3.05, 3.63) is 109 Å². The number of hydrogen-bond acceptors (Lipinski definition) is 10. The van der Waals surface area contributed by atoms with E-state index < -0.39 is 67.4 Å². The second-order valence-electron chi connectivity index (χ2n) is 24.2. The van der Waals surface area contributed by atoms with Crippen molar-refractivity contribution in [3.8, 4) is 0 Å². The van der Waals surface area contributed by atoms with Crippen molar-refractivity contribution in [1.29, 1.82) is 0 Å². The van der Waals surface area contributed by atoms with Gasteiger partial charge in [-0.2, -0.15) is 0 Å². The summed E-state index contributed by atoms with van der Waals surface area (Å²) in [6.07, 6.45) is 75.7. The molecule has 1 rings (SSSR count). The number of carbonyl (C=O) groups excluding carboxylic acids is 2. The number of aliphatic hydroxyl groups excluding tert-OH is 5. The van der Waals surface area contributed by atoms with E-state index in [0.29, 0.717) is 19.3 Å². The fraction of sp³-hybridized carbons (Fsp3) is 0.737. The van der Waals surface area contributed by atoms with Gasteiger partial charge in [-0.25, -0.2) is 0 Å². The molecule has 11 heteroatoms. The lowest BCUT2D eigenvalue weighted by molar-refractivity contribution is -0.305. The van der Waals surface area contributed by atoms with Gasteiger partial charge in [0.15, 0.2) is 12.4 Å². The van der Waals surface area contributed by atoms with E-state index in [0.717, 1.165) is 77.0 Å². The summed E-state index contributed by atoms with van der Waals surface area (Å²) in [6, 6.07) is -1.05. The monoisotopic (exact) mass is 1220 g/mol. The van der Waals surface area contributed by atoms with Gasteiger partial charge >= 0.3 is 5.97 Å². The molecule has 0 aromatic heterocycles. The molecule has 1 heterocycles. The second-order valence-corrected chi connectivity index (χ2v) is 24.2. The molecule has 1 aliphatic heterocycles. The van der Waals surface area contributed by atoms with Gasteiger partial charge in [0.25, 0.3) is 0 Å². The lowest BCUT2D eigenvalue weighted by Crippen LogP contribution is -2.61. The summed E-state index contributed by atoms with van der Waals surface area (Å²) in [7, 11) is 0. The summed E-state index contributed by atoms with van der Waals surface area (Å²) < 4.78 is 17.6. The molecule has 1 saturated heterocycles. The van der Waals surface area contributed by atoms with E-state index in [9.17, 15) is 35.1 Å². The highest BCUT2D eigenvalue weighted by atomic mass is 16.7. The minimum Gasteiger partial charge on any atom is -0.454 e. The zero-order valence-electron chi connectivity index (χ0n) is 55.6. The quantitative estimate of drug-likeness (QED) is 0.0195. The highest BCUT2D eigenvalue weighted by Crippen LogP contribution is 2.26. The van der Waals surface area contributed by atoms with E-state index in [1.165, 1.54) is 167 Å². The summed E-state index contributed by atoms with van der Waals surface area (Å²) in [6.45, 7) is 5.64. The average molecular weight is 1220 g/mol. The predicted molar refractivity (Wildman–Crippen MR) is 365 cm³/mol. The third-order valence-electron chi connectivity index (χ3n) is 16.2. The van der Waals surface area contributed by atoms with Crippen LogP contribution in [-0.2, 0) is 23.8 Å². The summed E-state index contributed by atoms with van der Waals surface area (Å²) in [5, 5.41) is 57.2. The molecular formula is C76H131NO10. The number of unbranched alkanes of at least 4 members (excludes halogenated alkanes) is 30. The summed E-state index contributed by atoms with van der Waals surface area (Å²) in [4.78, 5) is 26.6. The Balaban J connectivity index is 2.61. The maximum atomic E-state index is 13.5. The Labute approximate surface area is 532 Å². The molecule has 11 nitrogen and oxygen atoms in total. The molecule has 1 aliphatic rings. The molecule has 1 fully saturated rings. The Bertz CT molecular complexity index is 1830. The van der Waals surface area contributed by atoms with Gasteiger partial charge in [0.2, 0.25) is 5.91 Å². The van der Waals surface area contributed by atoms with Gasteiger partial charge < -0.3 is 45.1 Å². The number of nitrogens with one attached hydrogen (secondary N) is 1. The van der Waals surface area contributed by atoms with Crippen LogP contribution in [0.1, 0.15) is 297 Å². The van der Waals surface area contributed by atoms with Crippen molar-refractivity contribution in [2.45, 2.75) is 346 Å². The molecule has 0 radical (unpaired) electrons. The molecular weight excluding hydrogens is 1090 g/mol. The van der Waals surface area contributed by atoms with Gasteiger partial charge in [0.05, 0.1) is 25.4 Å². The van der Waals surface area contributed by atoms with Crippen LogP contribution in [0.4, 0.5) is 0 Å². The predicted octanol–water partition coefficient (Wildman–Crippen LogP) is 18.4. The first-order valence-corrected chi connectivity index (χ1v) is 35.7. The minimum atomic E-state index is -1.65. The van der Waals surface area contributed by atoms with Crippen LogP contribution >= 0.6 is 0 Å². The molecule has 1 amide bonds. The van der Waals surface area contributed by atoms with E-state index in [4.69, 9.17) is 14.2 Å². The van der Waals surface area contributed by atoms with E-state index in [1.54, 1.807) is 6.08 Å². The smallest absolute Gasteiger partial charge is 0.306 e. The molecule has 0 aliphatic carbocycles. The fourth-order valence-electron chi connectivity index (χ4n) is 10.6. The Morgan fingerprint density at radius 1 is 0.460 bits per heavy atom. The molecule has 6 N–H and O–H groups in total. The average Bonchev–Trinajstić information content (AvgIpc) is 2.51. The highest BCUT2D eigenvalue weighted by Gasteiger charge is 2.47. The second kappa shape index (κ2) is 62.5. The summed E-state index contributed by atoms with van der Waals surface area (Å²) in [5.41, 5.74) is 0. The lowest BCUT2D eigenvalue weighted by atomic mass is 9.99. The van der Waals surface area contributed by atoms with Crippen LogP contribution < -0.4 is 5.32 Å². The molecule has 0 bridgehead atoms. The van der Waals surface area contributed by atoms with Gasteiger partial charge in [0, 0.05) is 6.42 Å². The molecule has 87 heavy (non-hydrogen) atoms. The van der Waals surface area contributed by atoms with Crippen molar-refractivity contribution in [3.63, 3.8) is 0 Å². The molecule has 8 unspecified atom stereocenters. The molecule has 500 valence electrons. The van der Waals surface area contributed by atoms with Crippen LogP contribution in [0.25, 0.3) is 0 Å². The number of esters is 1. The van der Waals surface area contributed by atoms with Crippen molar-refractivity contribution >= 4 is 11.9 Å². The topological polar surface area (TPSA) is 175 Å². The van der Waals surface area contributed by atoms with Crippen LogP contribution in [0, 0.1) is 0 Å². The van der Waals surface area contributed by atoms with Gasteiger partial charge in [-0.3, -0.25) is 9.59 Å². The number of rotatable bonds is 60. The Hall–Kier alpha value is -3.68. The number of carbonyl (C=O) groups is 2. The molecule has 0 spiro atoms. The molecule has 0 aromatic rings. The van der Waals surface area contributed by atoms with Crippen LogP contribution in [-0.4, -0.2) is 99.6 Å². The number of aliphatic hydroxyl groups is 5. The minimum absolute atomic E-state index is 0.00544. The van der Waals surface area contributed by atoms with Gasteiger partial charge in [-0.15, -0.1) is 0 Å². The van der Waals surface area contributed by atoms with E-state index >= 15 is 0 Å². The summed E-state index contributed by atoms with van der Waals surface area (Å²) in [5.74, 6) is -1.28. The Kier molecular flexibility index (Phi) is 58.4. The Morgan fingerprint density at radius 3 is 1.26 bits per heavy atom. The van der Waals surface area contributed by atoms with Crippen LogP contribution in [0.2, 0.25) is 0 Å². The van der Waals surface area contributed by atoms with Crippen molar-refractivity contribution < 1.29 is 49.3 Å². The summed E-state index contributed by atoms with van der Waals surface area (Å²) >= 11 is 0. The lowest BCUT2D eigenvalue weighted by Gasteiger charge is -2.41. The SMILES string of the molecule is CC/C=C\C/C=C\C/C=C\C/C=C\C/C=C\C/C=C\CCC(=O)OC1C(OCC(NC(=O)C(O)CCCCCCCCCCCCCCCCCC/C=C\C/C=C\CCCCC)C(O)/C=C/CCCCCCCCCCCCC)OC(CO)C(O)C1O.